The molecular weight excluding hydrogens is 460 g/mol. The van der Waals surface area contributed by atoms with Crippen molar-refractivity contribution in [3.05, 3.63) is 65.5 Å². The first-order valence-electron chi connectivity index (χ1n) is 8.69. The Labute approximate surface area is 177 Å². The van der Waals surface area contributed by atoms with Crippen LogP contribution in [0.1, 0.15) is 18.1 Å². The number of para-hydroxylation sites is 1. The SMILES string of the molecule is CCNC(=NCc1ccc(F)c(COC)c1)NCCOc1ccccc1.I. The third kappa shape index (κ3) is 8.57. The van der Waals surface area contributed by atoms with Crippen molar-refractivity contribution in [2.24, 2.45) is 4.99 Å². The van der Waals surface area contributed by atoms with Crippen molar-refractivity contribution in [2.45, 2.75) is 20.1 Å². The lowest BCUT2D eigenvalue weighted by Gasteiger charge is -2.12. The average Bonchev–Trinajstić information content (AvgIpc) is 2.66. The van der Waals surface area contributed by atoms with E-state index >= 15 is 0 Å². The normalized spacial score (nSPS) is 10.9. The average molecular weight is 487 g/mol. The summed E-state index contributed by atoms with van der Waals surface area (Å²) < 4.78 is 24.3. The number of hydrogen-bond donors (Lipinski definition) is 2. The first-order valence-corrected chi connectivity index (χ1v) is 8.69. The summed E-state index contributed by atoms with van der Waals surface area (Å²) in [6.07, 6.45) is 0. The molecule has 0 radical (unpaired) electrons. The van der Waals surface area contributed by atoms with Crippen molar-refractivity contribution in [3.8, 4) is 5.75 Å². The molecule has 0 saturated heterocycles. The van der Waals surface area contributed by atoms with E-state index in [1.54, 1.807) is 19.2 Å². The lowest BCUT2D eigenvalue weighted by molar-refractivity contribution is 0.181. The van der Waals surface area contributed by atoms with Crippen LogP contribution in [0, 0.1) is 5.82 Å². The fourth-order valence-electron chi connectivity index (χ4n) is 2.36. The van der Waals surface area contributed by atoms with Gasteiger partial charge in [-0.15, -0.1) is 24.0 Å². The van der Waals surface area contributed by atoms with Crippen molar-refractivity contribution < 1.29 is 13.9 Å². The maximum absolute atomic E-state index is 13.7. The highest BCUT2D eigenvalue weighted by Crippen LogP contribution is 2.12. The van der Waals surface area contributed by atoms with Crippen LogP contribution in [0.4, 0.5) is 4.39 Å². The first-order chi connectivity index (χ1) is 12.7. The molecule has 2 aromatic carbocycles. The standard InChI is InChI=1S/C20H26FN3O2.HI/c1-3-22-20(23-11-12-26-18-7-5-4-6-8-18)24-14-16-9-10-19(21)17(13-16)15-25-2;/h4-10,13H,3,11-12,14-15H2,1-2H3,(H2,22,23,24);1H. The molecule has 0 saturated carbocycles. The van der Waals surface area contributed by atoms with Crippen LogP contribution in [0.5, 0.6) is 5.75 Å². The molecule has 148 valence electrons. The Bertz CT molecular complexity index is 699. The summed E-state index contributed by atoms with van der Waals surface area (Å²) in [5, 5.41) is 6.41. The molecule has 2 rings (SSSR count). The third-order valence-electron chi connectivity index (χ3n) is 3.58. The summed E-state index contributed by atoms with van der Waals surface area (Å²) in [5.74, 6) is 1.28. The second-order valence-corrected chi connectivity index (χ2v) is 5.64. The summed E-state index contributed by atoms with van der Waals surface area (Å²) in [6, 6.07) is 14.6. The molecule has 0 aliphatic heterocycles. The monoisotopic (exact) mass is 487 g/mol. The largest absolute Gasteiger partial charge is 0.492 e. The van der Waals surface area contributed by atoms with Gasteiger partial charge in [0.05, 0.1) is 19.7 Å². The van der Waals surface area contributed by atoms with Crippen molar-refractivity contribution in [1.29, 1.82) is 0 Å². The fourth-order valence-corrected chi connectivity index (χ4v) is 2.36. The third-order valence-corrected chi connectivity index (χ3v) is 3.58. The molecule has 2 N–H and O–H groups in total. The van der Waals surface area contributed by atoms with Gasteiger partial charge in [-0.2, -0.15) is 0 Å². The van der Waals surface area contributed by atoms with E-state index in [1.165, 1.54) is 6.07 Å². The lowest BCUT2D eigenvalue weighted by atomic mass is 10.1. The number of rotatable bonds is 9. The minimum Gasteiger partial charge on any atom is -0.492 e. The summed E-state index contributed by atoms with van der Waals surface area (Å²) in [4.78, 5) is 4.53. The van der Waals surface area contributed by atoms with Crippen molar-refractivity contribution in [1.82, 2.24) is 10.6 Å². The molecule has 0 unspecified atom stereocenters. The number of ether oxygens (including phenoxy) is 2. The number of benzene rings is 2. The van der Waals surface area contributed by atoms with Gasteiger partial charge in [-0.1, -0.05) is 24.3 Å². The van der Waals surface area contributed by atoms with E-state index in [0.29, 0.717) is 31.2 Å². The molecule has 0 aromatic heterocycles. The predicted molar refractivity (Wildman–Crippen MR) is 117 cm³/mol. The highest BCUT2D eigenvalue weighted by atomic mass is 127. The minimum absolute atomic E-state index is 0. The maximum Gasteiger partial charge on any atom is 0.191 e. The van der Waals surface area contributed by atoms with E-state index in [4.69, 9.17) is 9.47 Å². The van der Waals surface area contributed by atoms with Gasteiger partial charge in [0.2, 0.25) is 0 Å². The zero-order valence-corrected chi connectivity index (χ0v) is 18.0. The van der Waals surface area contributed by atoms with Gasteiger partial charge in [0.25, 0.3) is 0 Å². The molecule has 5 nitrogen and oxygen atoms in total. The first kappa shape index (κ1) is 23.2. The molecule has 0 fully saturated rings. The molecule has 27 heavy (non-hydrogen) atoms. The van der Waals surface area contributed by atoms with E-state index in [-0.39, 0.29) is 36.4 Å². The Hall–Kier alpha value is -1.87. The molecule has 0 spiro atoms. The van der Waals surface area contributed by atoms with Crippen LogP contribution < -0.4 is 15.4 Å². The van der Waals surface area contributed by atoms with Crippen LogP contribution in [0.15, 0.2) is 53.5 Å². The number of methoxy groups -OCH3 is 1. The fraction of sp³-hybridized carbons (Fsp3) is 0.350. The summed E-state index contributed by atoms with van der Waals surface area (Å²) in [6.45, 7) is 4.61. The molecule has 0 aliphatic rings. The van der Waals surface area contributed by atoms with E-state index in [2.05, 4.69) is 15.6 Å². The van der Waals surface area contributed by atoms with Gasteiger partial charge >= 0.3 is 0 Å². The molecule has 0 aliphatic carbocycles. The van der Waals surface area contributed by atoms with Gasteiger partial charge in [-0.05, 0) is 36.8 Å². The second kappa shape index (κ2) is 13.3. The molecule has 2 aromatic rings. The molecule has 7 heteroatoms. The van der Waals surface area contributed by atoms with E-state index in [1.807, 2.05) is 37.3 Å². The maximum atomic E-state index is 13.7. The highest BCUT2D eigenvalue weighted by Gasteiger charge is 2.04. The van der Waals surface area contributed by atoms with Crippen LogP contribution >= 0.6 is 24.0 Å². The Morgan fingerprint density at radius 3 is 2.59 bits per heavy atom. The van der Waals surface area contributed by atoms with E-state index in [0.717, 1.165) is 17.9 Å². The topological polar surface area (TPSA) is 54.9 Å². The molecular formula is C20H27FIN3O2. The Morgan fingerprint density at radius 1 is 1.11 bits per heavy atom. The van der Waals surface area contributed by atoms with Crippen LogP contribution in [0.3, 0.4) is 0 Å². The Kier molecular flexibility index (Phi) is 11.4. The summed E-state index contributed by atoms with van der Waals surface area (Å²) in [5.41, 5.74) is 1.46. The number of nitrogens with zero attached hydrogens (tertiary/aromatic N) is 1. The van der Waals surface area contributed by atoms with Crippen molar-refractivity contribution >= 4 is 29.9 Å². The molecule has 0 heterocycles. The van der Waals surface area contributed by atoms with E-state index in [9.17, 15) is 4.39 Å². The van der Waals surface area contributed by atoms with Gasteiger partial charge in [0.1, 0.15) is 18.2 Å². The van der Waals surface area contributed by atoms with Gasteiger partial charge in [-0.25, -0.2) is 9.38 Å². The highest BCUT2D eigenvalue weighted by molar-refractivity contribution is 14.0. The lowest BCUT2D eigenvalue weighted by Crippen LogP contribution is -2.39. The number of aliphatic imine (C=N–C) groups is 1. The number of halogens is 2. The summed E-state index contributed by atoms with van der Waals surface area (Å²) >= 11 is 0. The second-order valence-electron chi connectivity index (χ2n) is 5.64. The zero-order chi connectivity index (χ0) is 18.6. The van der Waals surface area contributed by atoms with E-state index < -0.39 is 0 Å². The Morgan fingerprint density at radius 2 is 1.89 bits per heavy atom. The van der Waals surface area contributed by atoms with Crippen LogP contribution in [-0.2, 0) is 17.9 Å². The van der Waals surface area contributed by atoms with Crippen LogP contribution in [-0.4, -0.2) is 32.8 Å². The number of hydrogen-bond acceptors (Lipinski definition) is 3. The van der Waals surface area contributed by atoms with Gasteiger partial charge in [0, 0.05) is 19.2 Å². The Balaban J connectivity index is 0.00000364. The smallest absolute Gasteiger partial charge is 0.191 e. The molecule has 0 atom stereocenters. The number of guanidine groups is 1. The summed E-state index contributed by atoms with van der Waals surface area (Å²) in [7, 11) is 1.55. The van der Waals surface area contributed by atoms with Gasteiger partial charge < -0.3 is 20.1 Å². The van der Waals surface area contributed by atoms with Crippen molar-refractivity contribution in [3.63, 3.8) is 0 Å². The number of nitrogens with one attached hydrogen (secondary N) is 2. The quantitative estimate of drug-likeness (QED) is 0.245. The molecule has 0 bridgehead atoms. The van der Waals surface area contributed by atoms with Crippen LogP contribution in [0.25, 0.3) is 0 Å². The zero-order valence-electron chi connectivity index (χ0n) is 15.7. The van der Waals surface area contributed by atoms with Crippen LogP contribution in [0.2, 0.25) is 0 Å². The molecule has 0 amide bonds. The van der Waals surface area contributed by atoms with Gasteiger partial charge in [-0.3, -0.25) is 0 Å². The van der Waals surface area contributed by atoms with Gasteiger partial charge in [0.15, 0.2) is 5.96 Å². The van der Waals surface area contributed by atoms with Crippen molar-refractivity contribution in [2.75, 3.05) is 26.8 Å². The predicted octanol–water partition coefficient (Wildman–Crippen LogP) is 3.72. The minimum atomic E-state index is -0.261.